The summed E-state index contributed by atoms with van der Waals surface area (Å²) in [7, 11) is 0. The maximum Gasteiger partial charge on any atom is 0.0326 e. The minimum Gasteiger partial charge on any atom is -0.324 e. The van der Waals surface area contributed by atoms with E-state index in [1.54, 1.807) is 0 Å². The average molecular weight is 193 g/mol. The molecule has 0 fully saturated rings. The standard InChI is InChI=1S/C10H15N.C3H8/c1-2-6-9-7-4-3-5-8-10(9)11;1-3-2/h2-3,5-7,10H,4,8,11H2,1H3;3H2,1-2H3/b6-2+;. The maximum atomic E-state index is 5.89. The van der Waals surface area contributed by atoms with Gasteiger partial charge in [-0.1, -0.05) is 50.6 Å². The summed E-state index contributed by atoms with van der Waals surface area (Å²) in [6, 6.07) is 0.199. The summed E-state index contributed by atoms with van der Waals surface area (Å²) < 4.78 is 0. The summed E-state index contributed by atoms with van der Waals surface area (Å²) in [5.74, 6) is 0. The summed E-state index contributed by atoms with van der Waals surface area (Å²) >= 11 is 0. The van der Waals surface area contributed by atoms with Crippen molar-refractivity contribution in [3.05, 3.63) is 36.0 Å². The molecule has 0 saturated heterocycles. The van der Waals surface area contributed by atoms with Crippen LogP contribution in [0.2, 0.25) is 0 Å². The zero-order chi connectivity index (χ0) is 10.8. The van der Waals surface area contributed by atoms with Gasteiger partial charge in [0, 0.05) is 6.04 Å². The van der Waals surface area contributed by atoms with Crippen molar-refractivity contribution >= 4 is 0 Å². The van der Waals surface area contributed by atoms with E-state index in [0.717, 1.165) is 12.8 Å². The van der Waals surface area contributed by atoms with Crippen LogP contribution in [0.4, 0.5) is 0 Å². The Morgan fingerprint density at radius 3 is 2.64 bits per heavy atom. The smallest absolute Gasteiger partial charge is 0.0326 e. The molecule has 0 aromatic heterocycles. The van der Waals surface area contributed by atoms with Crippen LogP contribution in [0, 0.1) is 0 Å². The van der Waals surface area contributed by atoms with E-state index < -0.39 is 0 Å². The Morgan fingerprint density at radius 2 is 2.07 bits per heavy atom. The molecule has 1 aliphatic carbocycles. The molecule has 1 heteroatoms. The van der Waals surface area contributed by atoms with Gasteiger partial charge in [0.15, 0.2) is 0 Å². The summed E-state index contributed by atoms with van der Waals surface area (Å²) in [4.78, 5) is 0. The lowest BCUT2D eigenvalue weighted by molar-refractivity contribution is 0.805. The number of nitrogens with two attached hydrogens (primary N) is 1. The van der Waals surface area contributed by atoms with E-state index in [9.17, 15) is 0 Å². The third kappa shape index (κ3) is 5.76. The highest BCUT2D eigenvalue weighted by Gasteiger charge is 2.05. The zero-order valence-corrected chi connectivity index (χ0v) is 9.66. The fraction of sp³-hybridized carbons (Fsp3) is 0.538. The second-order valence-electron chi connectivity index (χ2n) is 3.46. The Hall–Kier alpha value is -0.820. The second-order valence-corrected chi connectivity index (χ2v) is 3.46. The first-order valence-electron chi connectivity index (χ1n) is 5.49. The van der Waals surface area contributed by atoms with E-state index in [4.69, 9.17) is 5.73 Å². The molecule has 0 amide bonds. The molecule has 1 atom stereocenters. The minimum absolute atomic E-state index is 0.199. The van der Waals surface area contributed by atoms with Crippen molar-refractivity contribution in [1.29, 1.82) is 0 Å². The molecule has 0 aliphatic heterocycles. The molecule has 1 nitrogen and oxygen atoms in total. The first-order valence-corrected chi connectivity index (χ1v) is 5.49. The Labute approximate surface area is 88.4 Å². The van der Waals surface area contributed by atoms with Gasteiger partial charge in [-0.3, -0.25) is 0 Å². The molecule has 1 unspecified atom stereocenters. The molecule has 0 aromatic carbocycles. The normalized spacial score (nSPS) is 21.1. The molecule has 0 saturated carbocycles. The van der Waals surface area contributed by atoms with Crippen LogP contribution in [0.15, 0.2) is 36.0 Å². The largest absolute Gasteiger partial charge is 0.324 e. The summed E-state index contributed by atoms with van der Waals surface area (Å²) in [5.41, 5.74) is 7.16. The van der Waals surface area contributed by atoms with Crippen molar-refractivity contribution in [2.75, 3.05) is 0 Å². The van der Waals surface area contributed by atoms with Crippen LogP contribution < -0.4 is 5.73 Å². The van der Waals surface area contributed by atoms with Crippen LogP contribution in [-0.4, -0.2) is 6.04 Å². The van der Waals surface area contributed by atoms with Gasteiger partial charge < -0.3 is 5.73 Å². The van der Waals surface area contributed by atoms with E-state index >= 15 is 0 Å². The lowest BCUT2D eigenvalue weighted by Gasteiger charge is -2.08. The maximum absolute atomic E-state index is 5.89. The summed E-state index contributed by atoms with van der Waals surface area (Å²) in [6.07, 6.45) is 13.9. The van der Waals surface area contributed by atoms with E-state index in [0.29, 0.717) is 0 Å². The molecular weight excluding hydrogens is 170 g/mol. The van der Waals surface area contributed by atoms with Crippen LogP contribution in [0.1, 0.15) is 40.0 Å². The zero-order valence-electron chi connectivity index (χ0n) is 9.66. The van der Waals surface area contributed by atoms with Crippen molar-refractivity contribution in [1.82, 2.24) is 0 Å². The van der Waals surface area contributed by atoms with E-state index in [-0.39, 0.29) is 6.04 Å². The molecule has 0 aromatic rings. The van der Waals surface area contributed by atoms with Gasteiger partial charge in [0.25, 0.3) is 0 Å². The average Bonchev–Trinajstić information content (AvgIpc) is 2.34. The van der Waals surface area contributed by atoms with Crippen LogP contribution in [-0.2, 0) is 0 Å². The number of allylic oxidation sites excluding steroid dienone is 3. The predicted octanol–water partition coefficient (Wildman–Crippen LogP) is 3.58. The molecule has 80 valence electrons. The van der Waals surface area contributed by atoms with Crippen molar-refractivity contribution in [2.45, 2.75) is 46.1 Å². The van der Waals surface area contributed by atoms with Crippen LogP contribution in [0.3, 0.4) is 0 Å². The Balaban J connectivity index is 0.000000500. The number of hydrogen-bond acceptors (Lipinski definition) is 1. The monoisotopic (exact) mass is 193 g/mol. The summed E-state index contributed by atoms with van der Waals surface area (Å²) in [5, 5.41) is 0. The summed E-state index contributed by atoms with van der Waals surface area (Å²) in [6.45, 7) is 6.27. The van der Waals surface area contributed by atoms with Gasteiger partial charge in [-0.25, -0.2) is 0 Å². The van der Waals surface area contributed by atoms with Gasteiger partial charge in [0.05, 0.1) is 0 Å². The number of hydrogen-bond donors (Lipinski definition) is 1. The lowest BCUT2D eigenvalue weighted by Crippen LogP contribution is -2.20. The molecule has 0 heterocycles. The molecule has 1 aliphatic rings. The van der Waals surface area contributed by atoms with Gasteiger partial charge in [-0.15, -0.1) is 0 Å². The SMILES string of the molecule is C/C=C/C1=CCC=CCC1N.CCC. The minimum atomic E-state index is 0.199. The van der Waals surface area contributed by atoms with Crippen LogP contribution in [0.25, 0.3) is 0 Å². The molecule has 0 spiro atoms. The first-order chi connectivity index (χ1) is 6.76. The lowest BCUT2D eigenvalue weighted by atomic mass is 10.1. The highest BCUT2D eigenvalue weighted by atomic mass is 14.6. The molecular formula is C13H23N. The fourth-order valence-corrected chi connectivity index (χ4v) is 1.21. The Kier molecular flexibility index (Phi) is 8.25. The number of rotatable bonds is 1. The third-order valence-electron chi connectivity index (χ3n) is 1.83. The molecule has 2 N–H and O–H groups in total. The topological polar surface area (TPSA) is 26.0 Å². The van der Waals surface area contributed by atoms with Gasteiger partial charge in [0.1, 0.15) is 0 Å². The highest BCUT2D eigenvalue weighted by Crippen LogP contribution is 2.12. The van der Waals surface area contributed by atoms with Crippen molar-refractivity contribution in [2.24, 2.45) is 5.73 Å². The van der Waals surface area contributed by atoms with Crippen LogP contribution >= 0.6 is 0 Å². The van der Waals surface area contributed by atoms with E-state index in [1.165, 1.54) is 12.0 Å². The van der Waals surface area contributed by atoms with Gasteiger partial charge in [0.2, 0.25) is 0 Å². The van der Waals surface area contributed by atoms with Gasteiger partial charge in [-0.05, 0) is 25.3 Å². The second kappa shape index (κ2) is 8.76. The quantitative estimate of drug-likeness (QED) is 0.633. The predicted molar refractivity (Wildman–Crippen MR) is 65.2 cm³/mol. The van der Waals surface area contributed by atoms with Gasteiger partial charge >= 0.3 is 0 Å². The molecule has 0 radical (unpaired) electrons. The van der Waals surface area contributed by atoms with E-state index in [1.807, 2.05) is 13.0 Å². The highest BCUT2D eigenvalue weighted by molar-refractivity contribution is 5.27. The van der Waals surface area contributed by atoms with Gasteiger partial charge in [-0.2, -0.15) is 0 Å². The molecule has 1 rings (SSSR count). The fourth-order valence-electron chi connectivity index (χ4n) is 1.21. The molecule has 0 bridgehead atoms. The first kappa shape index (κ1) is 13.2. The van der Waals surface area contributed by atoms with Crippen LogP contribution in [0.5, 0.6) is 0 Å². The third-order valence-corrected chi connectivity index (χ3v) is 1.83. The van der Waals surface area contributed by atoms with E-state index in [2.05, 4.69) is 38.2 Å². The van der Waals surface area contributed by atoms with Crippen molar-refractivity contribution in [3.8, 4) is 0 Å². The molecule has 14 heavy (non-hydrogen) atoms. The Bertz CT molecular complexity index is 211. The Morgan fingerprint density at radius 1 is 1.43 bits per heavy atom. The van der Waals surface area contributed by atoms with Crippen molar-refractivity contribution < 1.29 is 0 Å². The van der Waals surface area contributed by atoms with Crippen molar-refractivity contribution in [3.63, 3.8) is 0 Å².